The van der Waals surface area contributed by atoms with E-state index in [0.717, 1.165) is 17.9 Å². The number of hydrogen-bond acceptors (Lipinski definition) is 4. The lowest BCUT2D eigenvalue weighted by Crippen LogP contribution is -2.23. The minimum Gasteiger partial charge on any atom is -0.309 e. The van der Waals surface area contributed by atoms with Crippen molar-refractivity contribution in [1.82, 2.24) is 30.1 Å². The first-order chi connectivity index (χ1) is 7.66. The van der Waals surface area contributed by atoms with Gasteiger partial charge in [0, 0.05) is 19.6 Å². The van der Waals surface area contributed by atoms with Crippen molar-refractivity contribution in [2.45, 2.75) is 26.4 Å². The van der Waals surface area contributed by atoms with Crippen LogP contribution in [0, 0.1) is 0 Å². The number of aryl methyl sites for hydroxylation is 1. The number of rotatable bonds is 4. The Morgan fingerprint density at radius 2 is 2.19 bits per heavy atom. The molecule has 0 aromatic carbocycles. The second-order valence-electron chi connectivity index (χ2n) is 4.04. The van der Waals surface area contributed by atoms with Gasteiger partial charge in [0.05, 0.1) is 24.3 Å². The highest BCUT2D eigenvalue weighted by molar-refractivity contribution is 5.25. The fourth-order valence-corrected chi connectivity index (χ4v) is 1.42. The van der Waals surface area contributed by atoms with Crippen molar-refractivity contribution in [3.63, 3.8) is 0 Å². The Morgan fingerprint density at radius 1 is 1.38 bits per heavy atom. The molecular formula is C10H16N6. The average Bonchev–Trinajstić information content (AvgIpc) is 2.82. The Morgan fingerprint density at radius 3 is 2.81 bits per heavy atom. The first kappa shape index (κ1) is 10.8. The van der Waals surface area contributed by atoms with E-state index >= 15 is 0 Å². The molecule has 0 radical (unpaired) electrons. The molecule has 0 saturated heterocycles. The highest BCUT2D eigenvalue weighted by atomic mass is 15.4. The van der Waals surface area contributed by atoms with E-state index in [9.17, 15) is 0 Å². The molecule has 2 aromatic rings. The summed E-state index contributed by atoms with van der Waals surface area (Å²) in [4.78, 5) is 0. The summed E-state index contributed by atoms with van der Waals surface area (Å²) < 4.78 is 3.54. The number of aromatic nitrogens is 5. The SMILES string of the molecule is CC(C)NCc1cnnn1-c1cnn(C)c1. The highest BCUT2D eigenvalue weighted by Crippen LogP contribution is 2.07. The summed E-state index contributed by atoms with van der Waals surface area (Å²) in [7, 11) is 1.88. The Bertz CT molecular complexity index is 455. The lowest BCUT2D eigenvalue weighted by Gasteiger charge is -2.08. The second-order valence-corrected chi connectivity index (χ2v) is 4.04. The van der Waals surface area contributed by atoms with E-state index in [-0.39, 0.29) is 0 Å². The molecule has 16 heavy (non-hydrogen) atoms. The summed E-state index contributed by atoms with van der Waals surface area (Å²) in [5, 5.41) is 15.4. The summed E-state index contributed by atoms with van der Waals surface area (Å²) in [5.74, 6) is 0. The minimum atomic E-state index is 0.442. The number of nitrogens with one attached hydrogen (secondary N) is 1. The van der Waals surface area contributed by atoms with Gasteiger partial charge in [-0.15, -0.1) is 5.10 Å². The Kier molecular flexibility index (Phi) is 3.00. The van der Waals surface area contributed by atoms with Gasteiger partial charge in [-0.25, -0.2) is 4.68 Å². The standard InChI is InChI=1S/C10H16N6/c1-8(2)11-4-9-5-12-14-16(9)10-6-13-15(3)7-10/h5-8,11H,4H2,1-3H3. The second kappa shape index (κ2) is 4.44. The largest absolute Gasteiger partial charge is 0.309 e. The van der Waals surface area contributed by atoms with Crippen molar-refractivity contribution in [2.75, 3.05) is 0 Å². The maximum Gasteiger partial charge on any atom is 0.105 e. The number of hydrogen-bond donors (Lipinski definition) is 1. The molecular weight excluding hydrogens is 204 g/mol. The normalized spacial score (nSPS) is 11.2. The van der Waals surface area contributed by atoms with E-state index in [1.54, 1.807) is 21.8 Å². The Balaban J connectivity index is 2.19. The molecule has 2 heterocycles. The van der Waals surface area contributed by atoms with Gasteiger partial charge < -0.3 is 5.32 Å². The summed E-state index contributed by atoms with van der Waals surface area (Å²) in [5.41, 5.74) is 1.96. The van der Waals surface area contributed by atoms with E-state index in [1.807, 2.05) is 13.2 Å². The molecule has 0 aliphatic heterocycles. The lowest BCUT2D eigenvalue weighted by atomic mass is 10.3. The molecule has 0 saturated carbocycles. The predicted molar refractivity (Wildman–Crippen MR) is 60.1 cm³/mol. The summed E-state index contributed by atoms with van der Waals surface area (Å²) in [6.45, 7) is 4.97. The molecule has 0 spiro atoms. The first-order valence-electron chi connectivity index (χ1n) is 5.29. The Labute approximate surface area is 94.3 Å². The third-order valence-corrected chi connectivity index (χ3v) is 2.25. The van der Waals surface area contributed by atoms with Crippen molar-refractivity contribution in [1.29, 1.82) is 0 Å². The quantitative estimate of drug-likeness (QED) is 0.815. The van der Waals surface area contributed by atoms with Crippen molar-refractivity contribution in [3.05, 3.63) is 24.3 Å². The molecule has 6 heteroatoms. The van der Waals surface area contributed by atoms with Gasteiger partial charge in [0.25, 0.3) is 0 Å². The zero-order valence-electron chi connectivity index (χ0n) is 9.75. The van der Waals surface area contributed by atoms with Gasteiger partial charge in [0.2, 0.25) is 0 Å². The van der Waals surface area contributed by atoms with E-state index in [4.69, 9.17) is 0 Å². The fourth-order valence-electron chi connectivity index (χ4n) is 1.42. The van der Waals surface area contributed by atoms with E-state index < -0.39 is 0 Å². The molecule has 0 amide bonds. The summed E-state index contributed by atoms with van der Waals surface area (Å²) in [6.07, 6.45) is 5.45. The zero-order chi connectivity index (χ0) is 11.5. The van der Waals surface area contributed by atoms with Crippen molar-refractivity contribution in [2.24, 2.45) is 7.05 Å². The molecule has 0 unspecified atom stereocenters. The van der Waals surface area contributed by atoms with Gasteiger partial charge in [-0.1, -0.05) is 19.1 Å². The van der Waals surface area contributed by atoms with Crippen LogP contribution in [0.4, 0.5) is 0 Å². The van der Waals surface area contributed by atoms with Crippen molar-refractivity contribution < 1.29 is 0 Å². The lowest BCUT2D eigenvalue weighted by molar-refractivity contribution is 0.570. The molecule has 0 bridgehead atoms. The maximum atomic E-state index is 4.12. The summed E-state index contributed by atoms with van der Waals surface area (Å²) in [6, 6.07) is 0.442. The average molecular weight is 220 g/mol. The van der Waals surface area contributed by atoms with Gasteiger partial charge >= 0.3 is 0 Å². The smallest absolute Gasteiger partial charge is 0.105 e. The van der Waals surface area contributed by atoms with Crippen LogP contribution >= 0.6 is 0 Å². The van der Waals surface area contributed by atoms with Crippen LogP contribution in [0.3, 0.4) is 0 Å². The maximum absolute atomic E-state index is 4.12. The van der Waals surface area contributed by atoms with Crippen LogP contribution < -0.4 is 5.32 Å². The monoisotopic (exact) mass is 220 g/mol. The first-order valence-corrected chi connectivity index (χ1v) is 5.29. The summed E-state index contributed by atoms with van der Waals surface area (Å²) >= 11 is 0. The van der Waals surface area contributed by atoms with Gasteiger partial charge in [0.1, 0.15) is 5.69 Å². The highest BCUT2D eigenvalue weighted by Gasteiger charge is 2.07. The molecule has 0 aliphatic carbocycles. The van der Waals surface area contributed by atoms with Crippen LogP contribution in [0.15, 0.2) is 18.6 Å². The van der Waals surface area contributed by atoms with E-state index in [0.29, 0.717) is 6.04 Å². The molecule has 1 N–H and O–H groups in total. The zero-order valence-corrected chi connectivity index (χ0v) is 9.75. The third kappa shape index (κ3) is 2.27. The number of nitrogens with zero attached hydrogens (tertiary/aromatic N) is 5. The van der Waals surface area contributed by atoms with Gasteiger partial charge in [0.15, 0.2) is 0 Å². The molecule has 0 atom stereocenters. The molecule has 0 fully saturated rings. The van der Waals surface area contributed by atoms with Gasteiger partial charge in [-0.3, -0.25) is 4.68 Å². The van der Waals surface area contributed by atoms with Crippen LogP contribution in [0.1, 0.15) is 19.5 Å². The van der Waals surface area contributed by atoms with Crippen molar-refractivity contribution in [3.8, 4) is 5.69 Å². The van der Waals surface area contributed by atoms with E-state index in [2.05, 4.69) is 34.6 Å². The van der Waals surface area contributed by atoms with Crippen LogP contribution in [-0.4, -0.2) is 30.8 Å². The van der Waals surface area contributed by atoms with Crippen LogP contribution in [0.25, 0.3) is 5.69 Å². The van der Waals surface area contributed by atoms with Gasteiger partial charge in [-0.05, 0) is 0 Å². The molecule has 86 valence electrons. The van der Waals surface area contributed by atoms with Gasteiger partial charge in [-0.2, -0.15) is 5.10 Å². The molecule has 2 aromatic heterocycles. The predicted octanol–water partition coefficient (Wildman–Crippen LogP) is 0.499. The molecule has 6 nitrogen and oxygen atoms in total. The molecule has 2 rings (SSSR count). The van der Waals surface area contributed by atoms with Crippen molar-refractivity contribution >= 4 is 0 Å². The topological polar surface area (TPSA) is 60.6 Å². The Hall–Kier alpha value is -1.69. The van der Waals surface area contributed by atoms with Crippen LogP contribution in [-0.2, 0) is 13.6 Å². The van der Waals surface area contributed by atoms with E-state index in [1.165, 1.54) is 0 Å². The third-order valence-electron chi connectivity index (χ3n) is 2.25. The van der Waals surface area contributed by atoms with Crippen LogP contribution in [0.2, 0.25) is 0 Å². The van der Waals surface area contributed by atoms with Crippen LogP contribution in [0.5, 0.6) is 0 Å². The fraction of sp³-hybridized carbons (Fsp3) is 0.500. The molecule has 0 aliphatic rings. The minimum absolute atomic E-state index is 0.442.